The molecule has 0 N–H and O–H groups in total. The fourth-order valence-electron chi connectivity index (χ4n) is 3.11. The smallest absolute Gasteiger partial charge is 0.229 e. The fourth-order valence-corrected chi connectivity index (χ4v) is 3.88. The maximum Gasteiger partial charge on any atom is 0.229 e. The summed E-state index contributed by atoms with van der Waals surface area (Å²) in [5.41, 5.74) is 2.38. The summed E-state index contributed by atoms with van der Waals surface area (Å²) in [5.74, 6) is 1.35. The fraction of sp³-hybridized carbons (Fsp3) is 0.412. The van der Waals surface area contributed by atoms with Gasteiger partial charge in [-0.2, -0.15) is 0 Å². The zero-order chi connectivity index (χ0) is 14.8. The quantitative estimate of drug-likeness (QED) is 0.743. The van der Waals surface area contributed by atoms with Crippen molar-refractivity contribution in [2.45, 2.75) is 43.4 Å². The number of nitrogens with zero attached hydrogens (tertiary/aromatic N) is 2. The molecule has 0 spiro atoms. The van der Waals surface area contributed by atoms with Crippen molar-refractivity contribution in [1.29, 1.82) is 0 Å². The van der Waals surface area contributed by atoms with Gasteiger partial charge in [0.05, 0.1) is 0 Å². The van der Waals surface area contributed by atoms with Gasteiger partial charge in [0.2, 0.25) is 5.91 Å². The number of carbonyl (C=O) groups excluding carboxylic acids is 1. The van der Waals surface area contributed by atoms with E-state index in [0.29, 0.717) is 10.7 Å². The number of hydrogen-bond donors (Lipinski definition) is 0. The van der Waals surface area contributed by atoms with Crippen LogP contribution in [0.2, 0.25) is 0 Å². The van der Waals surface area contributed by atoms with E-state index in [1.54, 1.807) is 23.9 Å². The highest BCUT2D eigenvalue weighted by molar-refractivity contribution is 9.09. The average Bonchev–Trinajstić information content (AvgIpc) is 2.97. The summed E-state index contributed by atoms with van der Waals surface area (Å²) in [5, 5.41) is 0. The molecule has 21 heavy (non-hydrogen) atoms. The summed E-state index contributed by atoms with van der Waals surface area (Å²) in [7, 11) is 0. The zero-order valence-electron chi connectivity index (χ0n) is 12.1. The summed E-state index contributed by atoms with van der Waals surface area (Å²) in [6, 6.07) is 8.53. The molecule has 110 valence electrons. The van der Waals surface area contributed by atoms with Gasteiger partial charge in [0, 0.05) is 29.7 Å². The first kappa shape index (κ1) is 14.5. The standard InChI is InChI=1S/C17H19BrN2O/c1-12(21)20-10-9-19-17(20)14-7-5-13(6-8-14)15-3-2-4-16(18)11-15/h5-10,15-16H,2-4,11H2,1H3. The van der Waals surface area contributed by atoms with Gasteiger partial charge in [-0.15, -0.1) is 0 Å². The number of alkyl halides is 1. The molecular formula is C17H19BrN2O. The molecule has 1 fully saturated rings. The Morgan fingerprint density at radius 2 is 2.05 bits per heavy atom. The zero-order valence-corrected chi connectivity index (χ0v) is 13.7. The van der Waals surface area contributed by atoms with Crippen LogP contribution in [0.3, 0.4) is 0 Å². The minimum Gasteiger partial charge on any atom is -0.274 e. The highest BCUT2D eigenvalue weighted by Gasteiger charge is 2.21. The summed E-state index contributed by atoms with van der Waals surface area (Å²) in [6.07, 6.45) is 8.43. The summed E-state index contributed by atoms with van der Waals surface area (Å²) >= 11 is 3.75. The van der Waals surface area contributed by atoms with Gasteiger partial charge >= 0.3 is 0 Å². The minimum absolute atomic E-state index is 0.0130. The van der Waals surface area contributed by atoms with E-state index >= 15 is 0 Å². The molecule has 1 aliphatic rings. The molecule has 2 atom stereocenters. The first-order valence-electron chi connectivity index (χ1n) is 7.44. The van der Waals surface area contributed by atoms with Crippen molar-refractivity contribution < 1.29 is 4.79 Å². The maximum absolute atomic E-state index is 11.6. The van der Waals surface area contributed by atoms with Gasteiger partial charge in [0.1, 0.15) is 5.82 Å². The number of benzene rings is 1. The van der Waals surface area contributed by atoms with E-state index in [4.69, 9.17) is 0 Å². The molecule has 1 heterocycles. The Hall–Kier alpha value is -1.42. The van der Waals surface area contributed by atoms with Gasteiger partial charge in [0.25, 0.3) is 0 Å². The van der Waals surface area contributed by atoms with Gasteiger partial charge < -0.3 is 0 Å². The van der Waals surface area contributed by atoms with Crippen molar-refractivity contribution in [2.75, 3.05) is 0 Å². The molecule has 0 amide bonds. The Bertz CT molecular complexity index is 632. The lowest BCUT2D eigenvalue weighted by Gasteiger charge is -2.26. The molecule has 4 heteroatoms. The van der Waals surface area contributed by atoms with Gasteiger partial charge in [-0.05, 0) is 30.7 Å². The molecule has 1 saturated carbocycles. The number of carbonyl (C=O) groups is 1. The first-order chi connectivity index (χ1) is 10.1. The Morgan fingerprint density at radius 1 is 1.29 bits per heavy atom. The van der Waals surface area contributed by atoms with Crippen molar-refractivity contribution in [2.24, 2.45) is 0 Å². The summed E-state index contributed by atoms with van der Waals surface area (Å²) in [6.45, 7) is 1.55. The lowest BCUT2D eigenvalue weighted by Crippen LogP contribution is -2.13. The van der Waals surface area contributed by atoms with E-state index in [1.807, 2.05) is 0 Å². The predicted octanol–water partition coefficient (Wildman–Crippen LogP) is 4.63. The normalized spacial score (nSPS) is 22.2. The van der Waals surface area contributed by atoms with Gasteiger partial charge in [-0.3, -0.25) is 9.36 Å². The highest BCUT2D eigenvalue weighted by Crippen LogP contribution is 2.36. The lowest BCUT2D eigenvalue weighted by molar-refractivity contribution is 0.0938. The molecule has 1 aromatic carbocycles. The van der Waals surface area contributed by atoms with E-state index < -0.39 is 0 Å². The molecule has 2 unspecified atom stereocenters. The minimum atomic E-state index is -0.0130. The van der Waals surface area contributed by atoms with Crippen molar-refractivity contribution in [3.63, 3.8) is 0 Å². The number of halogens is 1. The second-order valence-corrected chi connectivity index (χ2v) is 7.02. The molecule has 3 rings (SSSR count). The summed E-state index contributed by atoms with van der Waals surface area (Å²) < 4.78 is 1.59. The van der Waals surface area contributed by atoms with E-state index in [-0.39, 0.29) is 5.91 Å². The van der Waals surface area contributed by atoms with Crippen LogP contribution in [0.5, 0.6) is 0 Å². The van der Waals surface area contributed by atoms with Crippen LogP contribution in [0.15, 0.2) is 36.7 Å². The van der Waals surface area contributed by atoms with Crippen LogP contribution < -0.4 is 0 Å². The number of aromatic nitrogens is 2. The van der Waals surface area contributed by atoms with Crippen LogP contribution in [-0.4, -0.2) is 20.3 Å². The predicted molar refractivity (Wildman–Crippen MR) is 87.9 cm³/mol. The van der Waals surface area contributed by atoms with E-state index in [2.05, 4.69) is 45.2 Å². The largest absolute Gasteiger partial charge is 0.274 e. The monoisotopic (exact) mass is 346 g/mol. The van der Waals surface area contributed by atoms with Gasteiger partial charge in [-0.25, -0.2) is 4.98 Å². The third-order valence-electron chi connectivity index (χ3n) is 4.23. The molecule has 2 aromatic rings. The van der Waals surface area contributed by atoms with E-state index in [1.165, 1.54) is 31.2 Å². The van der Waals surface area contributed by atoms with Crippen LogP contribution in [-0.2, 0) is 0 Å². The van der Waals surface area contributed by atoms with Crippen LogP contribution in [0.4, 0.5) is 0 Å². The van der Waals surface area contributed by atoms with E-state index in [9.17, 15) is 4.79 Å². The molecule has 0 saturated heterocycles. The molecule has 0 aliphatic heterocycles. The van der Waals surface area contributed by atoms with Crippen molar-refractivity contribution in [1.82, 2.24) is 9.55 Å². The first-order valence-corrected chi connectivity index (χ1v) is 8.35. The number of hydrogen-bond acceptors (Lipinski definition) is 2. The van der Waals surface area contributed by atoms with Crippen LogP contribution in [0, 0.1) is 0 Å². The second kappa shape index (κ2) is 6.14. The topological polar surface area (TPSA) is 34.9 Å². The molecule has 0 radical (unpaired) electrons. The van der Waals surface area contributed by atoms with E-state index in [0.717, 1.165) is 11.4 Å². The molecule has 1 aromatic heterocycles. The Balaban J connectivity index is 1.84. The summed E-state index contributed by atoms with van der Waals surface area (Å²) in [4.78, 5) is 16.5. The lowest BCUT2D eigenvalue weighted by atomic mass is 9.84. The SMILES string of the molecule is CC(=O)n1ccnc1-c1ccc(C2CCCC(Br)C2)cc1. The Kier molecular flexibility index (Phi) is 4.24. The molecule has 0 bridgehead atoms. The van der Waals surface area contributed by atoms with Crippen molar-refractivity contribution >= 4 is 21.8 Å². The van der Waals surface area contributed by atoms with Crippen LogP contribution in [0.1, 0.15) is 48.9 Å². The second-order valence-electron chi connectivity index (χ2n) is 5.72. The Labute approximate surface area is 133 Å². The third kappa shape index (κ3) is 3.10. The molecular weight excluding hydrogens is 328 g/mol. The van der Waals surface area contributed by atoms with Crippen molar-refractivity contribution in [3.05, 3.63) is 42.2 Å². The van der Waals surface area contributed by atoms with Gasteiger partial charge in [-0.1, -0.05) is 46.6 Å². The maximum atomic E-state index is 11.6. The Morgan fingerprint density at radius 3 is 2.71 bits per heavy atom. The molecule has 3 nitrogen and oxygen atoms in total. The highest BCUT2D eigenvalue weighted by atomic mass is 79.9. The average molecular weight is 347 g/mol. The molecule has 1 aliphatic carbocycles. The van der Waals surface area contributed by atoms with Crippen LogP contribution in [0.25, 0.3) is 11.4 Å². The number of imidazole rings is 1. The number of rotatable bonds is 2. The third-order valence-corrected chi connectivity index (χ3v) is 5.06. The van der Waals surface area contributed by atoms with Gasteiger partial charge in [0.15, 0.2) is 0 Å². The van der Waals surface area contributed by atoms with Crippen molar-refractivity contribution in [3.8, 4) is 11.4 Å². The van der Waals surface area contributed by atoms with Crippen LogP contribution >= 0.6 is 15.9 Å².